The summed E-state index contributed by atoms with van der Waals surface area (Å²) in [4.78, 5) is 10.1. The van der Waals surface area contributed by atoms with E-state index in [1.165, 1.54) is 43.8 Å². The number of aromatic amines is 1. The molecule has 1 unspecified atom stereocenters. The predicted molar refractivity (Wildman–Crippen MR) is 103 cm³/mol. The van der Waals surface area contributed by atoms with Gasteiger partial charge >= 0.3 is 0 Å². The van der Waals surface area contributed by atoms with Crippen LogP contribution in [0.5, 0.6) is 0 Å². The van der Waals surface area contributed by atoms with E-state index in [-0.39, 0.29) is 5.54 Å². The lowest BCUT2D eigenvalue weighted by atomic mass is 9.88. The topological polar surface area (TPSA) is 91.6 Å². The fraction of sp³-hybridized carbons (Fsp3) is 0.421. The van der Waals surface area contributed by atoms with Gasteiger partial charge in [0.1, 0.15) is 5.65 Å². The Kier molecular flexibility index (Phi) is 4.13. The van der Waals surface area contributed by atoms with Gasteiger partial charge in [-0.3, -0.25) is 0 Å². The van der Waals surface area contributed by atoms with Crippen LogP contribution < -0.4 is 10.2 Å². The molecule has 0 radical (unpaired) electrons. The maximum Gasteiger partial charge on any atom is 0.139 e. The van der Waals surface area contributed by atoms with E-state index in [2.05, 4.69) is 26.3 Å². The van der Waals surface area contributed by atoms with Crippen LogP contribution in [0.2, 0.25) is 0 Å². The van der Waals surface area contributed by atoms with E-state index in [0.717, 1.165) is 41.8 Å². The molecule has 6 nitrogen and oxygen atoms in total. The SMILES string of the molecule is N=C/C=C(\C=N)c1c[nH]c2nccc(N3CCC4(CCCCN4)C3)c12. The van der Waals surface area contributed by atoms with Crippen LogP contribution in [0.25, 0.3) is 16.6 Å². The van der Waals surface area contributed by atoms with Crippen LogP contribution in [-0.2, 0) is 0 Å². The number of pyridine rings is 1. The number of aromatic nitrogens is 2. The third-order valence-corrected chi connectivity index (χ3v) is 5.56. The second-order valence-corrected chi connectivity index (χ2v) is 7.02. The normalized spacial score (nSPS) is 24.2. The highest BCUT2D eigenvalue weighted by molar-refractivity contribution is 6.18. The number of rotatable bonds is 4. The van der Waals surface area contributed by atoms with E-state index in [1.807, 2.05) is 12.4 Å². The number of hydrogen-bond donors (Lipinski definition) is 4. The van der Waals surface area contributed by atoms with E-state index in [1.54, 1.807) is 6.08 Å². The molecule has 6 heteroatoms. The highest BCUT2D eigenvalue weighted by Gasteiger charge is 2.39. The molecule has 0 aromatic carbocycles. The maximum atomic E-state index is 7.70. The van der Waals surface area contributed by atoms with Crippen molar-refractivity contribution in [2.75, 3.05) is 24.5 Å². The molecule has 0 aliphatic carbocycles. The molecule has 4 rings (SSSR count). The quantitative estimate of drug-likeness (QED) is 0.647. The number of nitrogens with one attached hydrogen (secondary N) is 4. The van der Waals surface area contributed by atoms with Crippen molar-refractivity contribution in [3.8, 4) is 0 Å². The fourth-order valence-electron chi connectivity index (χ4n) is 4.29. The minimum absolute atomic E-state index is 0.249. The van der Waals surface area contributed by atoms with Crippen molar-refractivity contribution < 1.29 is 0 Å². The van der Waals surface area contributed by atoms with E-state index in [4.69, 9.17) is 10.8 Å². The summed E-state index contributed by atoms with van der Waals surface area (Å²) in [5.74, 6) is 0. The molecular formula is C19H24N6. The molecule has 2 aromatic rings. The van der Waals surface area contributed by atoms with E-state index in [0.29, 0.717) is 0 Å². The first kappa shape index (κ1) is 16.0. The van der Waals surface area contributed by atoms with Crippen LogP contribution in [0, 0.1) is 10.8 Å². The molecule has 25 heavy (non-hydrogen) atoms. The first-order valence-electron chi connectivity index (χ1n) is 8.94. The van der Waals surface area contributed by atoms with E-state index >= 15 is 0 Å². The molecular weight excluding hydrogens is 312 g/mol. The summed E-state index contributed by atoms with van der Waals surface area (Å²) in [5.41, 5.74) is 3.92. The zero-order valence-corrected chi connectivity index (χ0v) is 14.3. The third-order valence-electron chi connectivity index (χ3n) is 5.56. The number of fused-ring (bicyclic) bond motifs is 1. The van der Waals surface area contributed by atoms with Crippen molar-refractivity contribution in [1.29, 1.82) is 10.8 Å². The van der Waals surface area contributed by atoms with E-state index < -0.39 is 0 Å². The van der Waals surface area contributed by atoms with Crippen molar-refractivity contribution in [2.24, 2.45) is 0 Å². The zero-order valence-electron chi connectivity index (χ0n) is 14.3. The Morgan fingerprint density at radius 2 is 2.20 bits per heavy atom. The lowest BCUT2D eigenvalue weighted by Gasteiger charge is -2.35. The van der Waals surface area contributed by atoms with Gasteiger partial charge < -0.3 is 26.0 Å². The number of piperidine rings is 1. The molecule has 130 valence electrons. The highest BCUT2D eigenvalue weighted by Crippen LogP contribution is 2.37. The van der Waals surface area contributed by atoms with Gasteiger partial charge in [-0.2, -0.15) is 0 Å². The summed E-state index contributed by atoms with van der Waals surface area (Å²) in [5, 5.41) is 19.9. The largest absolute Gasteiger partial charge is 0.369 e. The smallest absolute Gasteiger partial charge is 0.139 e. The van der Waals surface area contributed by atoms with Gasteiger partial charge in [-0.15, -0.1) is 0 Å². The van der Waals surface area contributed by atoms with Gasteiger partial charge in [0.05, 0.1) is 0 Å². The van der Waals surface area contributed by atoms with Gasteiger partial charge in [0.25, 0.3) is 0 Å². The van der Waals surface area contributed by atoms with Crippen LogP contribution in [0.1, 0.15) is 31.2 Å². The molecule has 0 saturated carbocycles. The number of H-pyrrole nitrogens is 1. The van der Waals surface area contributed by atoms with Crippen molar-refractivity contribution in [2.45, 2.75) is 31.2 Å². The van der Waals surface area contributed by atoms with Gasteiger partial charge in [0.2, 0.25) is 0 Å². The maximum absolute atomic E-state index is 7.70. The standard InChI is InChI=1S/C19H24N6/c20-7-3-14(11-21)15-12-23-18-17(15)16(4-9-22-18)25-10-6-19(13-25)5-1-2-8-24-19/h3-4,7,9,11-12,20-21,24H,1-2,5-6,8,10,13H2,(H,22,23)/b14-3+,20-7?,21-11?. The van der Waals surface area contributed by atoms with Crippen LogP contribution in [0.4, 0.5) is 5.69 Å². The molecule has 1 spiro atoms. The van der Waals surface area contributed by atoms with Gasteiger partial charge in [-0.1, -0.05) is 6.42 Å². The van der Waals surface area contributed by atoms with Crippen molar-refractivity contribution in [3.05, 3.63) is 30.1 Å². The van der Waals surface area contributed by atoms with Crippen molar-refractivity contribution in [1.82, 2.24) is 15.3 Å². The summed E-state index contributed by atoms with van der Waals surface area (Å²) in [6.45, 7) is 3.17. The Balaban J connectivity index is 1.75. The second-order valence-electron chi connectivity index (χ2n) is 7.02. The monoisotopic (exact) mass is 336 g/mol. The number of allylic oxidation sites excluding steroid dienone is 2. The van der Waals surface area contributed by atoms with E-state index in [9.17, 15) is 0 Å². The highest BCUT2D eigenvalue weighted by atomic mass is 15.2. The second kappa shape index (κ2) is 6.44. The molecule has 4 heterocycles. The molecule has 0 amide bonds. The average Bonchev–Trinajstić information content (AvgIpc) is 3.25. The van der Waals surface area contributed by atoms with Gasteiger partial charge in [0, 0.05) is 65.7 Å². The van der Waals surface area contributed by atoms with Crippen LogP contribution in [0.15, 0.2) is 24.5 Å². The Bertz CT molecular complexity index is 828. The fourth-order valence-corrected chi connectivity index (χ4v) is 4.29. The minimum Gasteiger partial charge on any atom is -0.369 e. The Labute approximate surface area is 147 Å². The van der Waals surface area contributed by atoms with Crippen molar-refractivity contribution >= 4 is 34.7 Å². The first-order valence-corrected chi connectivity index (χ1v) is 8.94. The molecule has 0 bridgehead atoms. The molecule has 1 atom stereocenters. The Hall–Kier alpha value is -2.47. The first-order chi connectivity index (χ1) is 12.3. The summed E-state index contributed by atoms with van der Waals surface area (Å²) in [6, 6.07) is 2.08. The summed E-state index contributed by atoms with van der Waals surface area (Å²) >= 11 is 0. The van der Waals surface area contributed by atoms with Crippen LogP contribution in [0.3, 0.4) is 0 Å². The van der Waals surface area contributed by atoms with Crippen LogP contribution in [-0.4, -0.2) is 47.6 Å². The summed E-state index contributed by atoms with van der Waals surface area (Å²) < 4.78 is 0. The van der Waals surface area contributed by atoms with Crippen LogP contribution >= 0.6 is 0 Å². The lowest BCUT2D eigenvalue weighted by molar-refractivity contribution is 0.280. The molecule has 2 aromatic heterocycles. The molecule has 2 saturated heterocycles. The number of hydrogen-bond acceptors (Lipinski definition) is 5. The molecule has 2 fully saturated rings. The number of anilines is 1. The summed E-state index contributed by atoms with van der Waals surface area (Å²) in [7, 11) is 0. The predicted octanol–water partition coefficient (Wildman–Crippen LogP) is 2.97. The number of nitrogens with zero attached hydrogens (tertiary/aromatic N) is 2. The Morgan fingerprint density at radius 3 is 2.96 bits per heavy atom. The molecule has 2 aliphatic heterocycles. The third kappa shape index (κ3) is 2.76. The average molecular weight is 336 g/mol. The van der Waals surface area contributed by atoms with Gasteiger partial charge in [-0.05, 0) is 37.9 Å². The molecule has 2 aliphatic rings. The molecule has 4 N–H and O–H groups in total. The van der Waals surface area contributed by atoms with Crippen molar-refractivity contribution in [3.63, 3.8) is 0 Å². The Morgan fingerprint density at radius 1 is 1.28 bits per heavy atom. The lowest BCUT2D eigenvalue weighted by Crippen LogP contribution is -2.50. The van der Waals surface area contributed by atoms with Gasteiger partial charge in [-0.25, -0.2) is 4.98 Å². The van der Waals surface area contributed by atoms with Gasteiger partial charge in [0.15, 0.2) is 0 Å². The zero-order chi connectivity index (χ0) is 17.3. The summed E-state index contributed by atoms with van der Waals surface area (Å²) in [6.07, 6.45) is 12.9. The minimum atomic E-state index is 0.249.